The maximum atomic E-state index is 13.1. The van der Waals surface area contributed by atoms with Crippen LogP contribution in [0.15, 0.2) is 48.5 Å². The van der Waals surface area contributed by atoms with E-state index < -0.39 is 10.0 Å². The fraction of sp³-hybridized carbons (Fsp3) is 0.381. The second-order valence-corrected chi connectivity index (χ2v) is 9.45. The fourth-order valence-corrected chi connectivity index (χ4v) is 5.19. The highest BCUT2D eigenvalue weighted by molar-refractivity contribution is 7.93. The second kappa shape index (κ2) is 7.00. The highest BCUT2D eigenvalue weighted by Gasteiger charge is 2.33. The molecule has 27 heavy (non-hydrogen) atoms. The average Bonchev–Trinajstić information content (AvgIpc) is 3.42. The third kappa shape index (κ3) is 3.86. The minimum atomic E-state index is -3.20. The molecule has 0 bridgehead atoms. The third-order valence-electron chi connectivity index (χ3n) is 5.19. The average molecular weight is 385 g/mol. The molecule has 0 aromatic heterocycles. The number of carbonyl (C=O) groups excluding carboxylic acids is 1. The Balaban J connectivity index is 1.53. The van der Waals surface area contributed by atoms with E-state index in [2.05, 4.69) is 25.1 Å². The number of sulfonamides is 1. The minimum Gasteiger partial charge on any atom is -0.331 e. The maximum Gasteiger partial charge on any atom is 0.254 e. The number of hydrogen-bond donors (Lipinski definition) is 0. The summed E-state index contributed by atoms with van der Waals surface area (Å²) in [7, 11) is -3.20. The summed E-state index contributed by atoms with van der Waals surface area (Å²) in [5, 5.41) is 0. The number of rotatable bonds is 5. The molecule has 5 nitrogen and oxygen atoms in total. The van der Waals surface area contributed by atoms with E-state index in [-0.39, 0.29) is 11.7 Å². The first-order chi connectivity index (χ1) is 12.9. The Morgan fingerprint density at radius 1 is 1.15 bits per heavy atom. The monoisotopic (exact) mass is 384 g/mol. The van der Waals surface area contributed by atoms with E-state index in [1.807, 2.05) is 11.0 Å². The Bertz CT molecular complexity index is 950. The van der Waals surface area contributed by atoms with E-state index in [0.29, 0.717) is 36.8 Å². The Morgan fingerprint density at radius 2 is 1.89 bits per heavy atom. The molecule has 0 spiro atoms. The molecule has 1 saturated heterocycles. The van der Waals surface area contributed by atoms with Gasteiger partial charge >= 0.3 is 0 Å². The van der Waals surface area contributed by atoms with Crippen LogP contribution >= 0.6 is 0 Å². The fourth-order valence-electron chi connectivity index (χ4n) is 3.63. The predicted octanol–water partition coefficient (Wildman–Crippen LogP) is 3.34. The Labute approximate surface area is 160 Å². The summed E-state index contributed by atoms with van der Waals surface area (Å²) in [5.41, 5.74) is 3.57. The lowest BCUT2D eigenvalue weighted by Crippen LogP contribution is -2.32. The molecule has 2 aromatic carbocycles. The van der Waals surface area contributed by atoms with Crippen LogP contribution in [-0.2, 0) is 16.6 Å². The van der Waals surface area contributed by atoms with E-state index in [1.54, 1.807) is 24.3 Å². The number of carbonyl (C=O) groups is 1. The number of anilines is 1. The highest BCUT2D eigenvalue weighted by atomic mass is 32.2. The van der Waals surface area contributed by atoms with Crippen LogP contribution in [0.5, 0.6) is 0 Å². The van der Waals surface area contributed by atoms with Gasteiger partial charge in [0.05, 0.1) is 11.4 Å². The number of aryl methyl sites for hydroxylation is 1. The van der Waals surface area contributed by atoms with Gasteiger partial charge in [0.15, 0.2) is 0 Å². The number of hydrogen-bond acceptors (Lipinski definition) is 3. The molecule has 0 N–H and O–H groups in total. The van der Waals surface area contributed by atoms with Crippen LogP contribution in [0, 0.1) is 6.92 Å². The van der Waals surface area contributed by atoms with Gasteiger partial charge in [0.1, 0.15) is 0 Å². The van der Waals surface area contributed by atoms with Gasteiger partial charge < -0.3 is 4.90 Å². The summed E-state index contributed by atoms with van der Waals surface area (Å²) in [6.45, 7) is 3.17. The largest absolute Gasteiger partial charge is 0.331 e. The standard InChI is InChI=1S/C21H24N2O3S/c1-16-4-2-5-17(14-16)15-22(19-10-11-19)21(24)18-6-8-20(9-7-18)23-12-3-13-27(23,25)26/h2,4-9,14,19H,3,10-13,15H2,1H3. The zero-order valence-electron chi connectivity index (χ0n) is 15.5. The first kappa shape index (κ1) is 18.0. The third-order valence-corrected chi connectivity index (χ3v) is 7.05. The van der Waals surface area contributed by atoms with Crippen molar-refractivity contribution >= 4 is 21.6 Å². The van der Waals surface area contributed by atoms with E-state index in [1.165, 1.54) is 9.87 Å². The van der Waals surface area contributed by atoms with Crippen molar-refractivity contribution in [2.75, 3.05) is 16.6 Å². The summed E-state index contributed by atoms with van der Waals surface area (Å²) in [4.78, 5) is 15.0. The van der Waals surface area contributed by atoms with Crippen molar-refractivity contribution in [3.05, 3.63) is 65.2 Å². The van der Waals surface area contributed by atoms with Crippen LogP contribution in [0.1, 0.15) is 40.7 Å². The maximum absolute atomic E-state index is 13.1. The van der Waals surface area contributed by atoms with Gasteiger partial charge in [-0.05, 0) is 56.0 Å². The van der Waals surface area contributed by atoms with E-state index in [4.69, 9.17) is 0 Å². The van der Waals surface area contributed by atoms with Crippen LogP contribution in [0.2, 0.25) is 0 Å². The van der Waals surface area contributed by atoms with Crippen molar-refractivity contribution in [3.8, 4) is 0 Å². The number of nitrogens with zero attached hydrogens (tertiary/aromatic N) is 2. The molecular weight excluding hydrogens is 360 g/mol. The van der Waals surface area contributed by atoms with Gasteiger partial charge in [-0.15, -0.1) is 0 Å². The predicted molar refractivity (Wildman–Crippen MR) is 106 cm³/mol. The van der Waals surface area contributed by atoms with Crippen molar-refractivity contribution in [1.29, 1.82) is 0 Å². The van der Waals surface area contributed by atoms with Crippen molar-refractivity contribution < 1.29 is 13.2 Å². The van der Waals surface area contributed by atoms with Crippen LogP contribution in [-0.4, -0.2) is 37.6 Å². The summed E-state index contributed by atoms with van der Waals surface area (Å²) in [6, 6.07) is 15.5. The lowest BCUT2D eigenvalue weighted by atomic mass is 10.1. The van der Waals surface area contributed by atoms with Crippen LogP contribution < -0.4 is 4.31 Å². The van der Waals surface area contributed by atoms with Crippen LogP contribution in [0.25, 0.3) is 0 Å². The molecule has 1 amide bonds. The molecule has 6 heteroatoms. The van der Waals surface area contributed by atoms with Gasteiger partial charge in [-0.3, -0.25) is 9.10 Å². The van der Waals surface area contributed by atoms with Gasteiger partial charge in [-0.2, -0.15) is 0 Å². The van der Waals surface area contributed by atoms with Crippen LogP contribution in [0.4, 0.5) is 5.69 Å². The summed E-state index contributed by atoms with van der Waals surface area (Å²) < 4.78 is 25.6. The van der Waals surface area contributed by atoms with Crippen molar-refractivity contribution in [2.45, 2.75) is 38.8 Å². The zero-order chi connectivity index (χ0) is 19.0. The van der Waals surface area contributed by atoms with Gasteiger partial charge in [0.2, 0.25) is 10.0 Å². The van der Waals surface area contributed by atoms with E-state index in [9.17, 15) is 13.2 Å². The molecule has 1 aliphatic heterocycles. The van der Waals surface area contributed by atoms with E-state index >= 15 is 0 Å². The first-order valence-electron chi connectivity index (χ1n) is 9.41. The molecule has 0 radical (unpaired) electrons. The number of benzene rings is 2. The lowest BCUT2D eigenvalue weighted by Gasteiger charge is -2.23. The van der Waals surface area contributed by atoms with Crippen molar-refractivity contribution in [2.24, 2.45) is 0 Å². The molecule has 0 unspecified atom stereocenters. The SMILES string of the molecule is Cc1cccc(CN(C(=O)c2ccc(N3CCCS3(=O)=O)cc2)C2CC2)c1. The Hall–Kier alpha value is -2.34. The lowest BCUT2D eigenvalue weighted by molar-refractivity contribution is 0.0730. The topological polar surface area (TPSA) is 57.7 Å². The zero-order valence-corrected chi connectivity index (χ0v) is 16.3. The summed E-state index contributed by atoms with van der Waals surface area (Å²) >= 11 is 0. The van der Waals surface area contributed by atoms with Gasteiger partial charge in [-0.1, -0.05) is 29.8 Å². The molecule has 4 rings (SSSR count). The molecule has 0 atom stereocenters. The second-order valence-electron chi connectivity index (χ2n) is 7.44. The van der Waals surface area contributed by atoms with Gasteiger partial charge in [-0.25, -0.2) is 8.42 Å². The molecule has 1 saturated carbocycles. The van der Waals surface area contributed by atoms with E-state index in [0.717, 1.165) is 18.4 Å². The smallest absolute Gasteiger partial charge is 0.254 e. The highest BCUT2D eigenvalue weighted by Crippen LogP contribution is 2.31. The molecule has 2 fully saturated rings. The van der Waals surface area contributed by atoms with Gasteiger partial charge in [0, 0.05) is 24.7 Å². The Kier molecular flexibility index (Phi) is 4.68. The summed E-state index contributed by atoms with van der Waals surface area (Å²) in [6.07, 6.45) is 2.73. The molecule has 2 aliphatic rings. The molecular formula is C21H24N2O3S. The number of amides is 1. The van der Waals surface area contributed by atoms with Crippen molar-refractivity contribution in [3.63, 3.8) is 0 Å². The molecule has 2 aromatic rings. The molecule has 142 valence electrons. The Morgan fingerprint density at radius 3 is 2.48 bits per heavy atom. The molecule has 1 aliphatic carbocycles. The minimum absolute atomic E-state index is 0.00911. The quantitative estimate of drug-likeness (QED) is 0.794. The van der Waals surface area contributed by atoms with Gasteiger partial charge in [0.25, 0.3) is 5.91 Å². The van der Waals surface area contributed by atoms with Crippen LogP contribution in [0.3, 0.4) is 0 Å². The normalized spacial score (nSPS) is 18.5. The molecule has 1 heterocycles. The van der Waals surface area contributed by atoms with Crippen molar-refractivity contribution in [1.82, 2.24) is 4.90 Å². The first-order valence-corrected chi connectivity index (χ1v) is 11.0. The summed E-state index contributed by atoms with van der Waals surface area (Å²) in [5.74, 6) is 0.203.